The van der Waals surface area contributed by atoms with Crippen LogP contribution in [0.3, 0.4) is 0 Å². The number of carbonyl (C=O) groups excluding carboxylic acids is 1. The largest absolute Gasteiger partial charge is 0.389 e. The molecule has 0 aliphatic heterocycles. The molecule has 35 heavy (non-hydrogen) atoms. The van der Waals surface area contributed by atoms with Crippen molar-refractivity contribution in [2.75, 3.05) is 12.4 Å². The molecule has 3 aromatic heterocycles. The highest BCUT2D eigenvalue weighted by Gasteiger charge is 2.91. The van der Waals surface area contributed by atoms with Gasteiger partial charge in [0.15, 0.2) is 17.0 Å². The number of amides is 1. The van der Waals surface area contributed by atoms with Crippen molar-refractivity contribution in [2.24, 2.45) is 17.3 Å². The van der Waals surface area contributed by atoms with E-state index in [-0.39, 0.29) is 17.7 Å². The zero-order valence-corrected chi connectivity index (χ0v) is 20.4. The number of nitrogens with zero attached hydrogens (tertiary/aromatic N) is 4. The minimum Gasteiger partial charge on any atom is -0.389 e. The number of rotatable bonds is 4. The van der Waals surface area contributed by atoms with E-state index in [0.717, 1.165) is 17.7 Å². The number of thiophene rings is 1. The van der Waals surface area contributed by atoms with Gasteiger partial charge in [-0.25, -0.2) is 15.0 Å². The van der Waals surface area contributed by atoms with Crippen LogP contribution < -0.4 is 10.6 Å². The Bertz CT molecular complexity index is 1460. The molecule has 3 unspecified atom stereocenters. The number of carbonyl (C=O) groups is 1. The lowest BCUT2D eigenvalue weighted by Crippen LogP contribution is -2.45. The summed E-state index contributed by atoms with van der Waals surface area (Å²) < 4.78 is 2.49. The van der Waals surface area contributed by atoms with Gasteiger partial charge in [0.05, 0.1) is 33.1 Å². The van der Waals surface area contributed by atoms with Gasteiger partial charge < -0.3 is 25.4 Å². The molecular weight excluding hydrogens is 488 g/mol. The van der Waals surface area contributed by atoms with Gasteiger partial charge in [0, 0.05) is 19.0 Å². The Balaban J connectivity index is 1.28. The standard InChI is InChI=1S/C24H23ClN6O3S/c1-26-22(33)23-9-13(23)16-18(24(16,34)21(23)32)31-10-27-17-19(28-11-3-2-4-11)29-15(30-20(17)31)8-6-12-5-7-14(25)35-12/h5,7,10-11,13,16,18,21,32,34H,2-4,9H2,1H3,(H,26,33)(H,28,29,30)/t13?,16-,18?,21+,23?,24+/m0/s1. The Morgan fingerprint density at radius 2 is 2.14 bits per heavy atom. The molecule has 3 aromatic rings. The van der Waals surface area contributed by atoms with Crippen LogP contribution in [0.4, 0.5) is 5.82 Å². The average molecular weight is 511 g/mol. The molecule has 4 aliphatic rings. The summed E-state index contributed by atoms with van der Waals surface area (Å²) in [6.07, 6.45) is 4.41. The zero-order chi connectivity index (χ0) is 24.1. The highest BCUT2D eigenvalue weighted by Crippen LogP contribution is 2.82. The van der Waals surface area contributed by atoms with Crippen molar-refractivity contribution in [3.8, 4) is 11.8 Å². The smallest absolute Gasteiger partial charge is 0.229 e. The molecule has 4 aliphatic carbocycles. The van der Waals surface area contributed by atoms with Crippen molar-refractivity contribution in [3.63, 3.8) is 0 Å². The first kappa shape index (κ1) is 21.6. The molecule has 11 heteroatoms. The highest BCUT2D eigenvalue weighted by atomic mass is 35.5. The van der Waals surface area contributed by atoms with E-state index in [0.29, 0.717) is 39.6 Å². The van der Waals surface area contributed by atoms with Crippen molar-refractivity contribution in [2.45, 2.75) is 49.5 Å². The molecule has 0 bridgehead atoms. The summed E-state index contributed by atoms with van der Waals surface area (Å²) in [7, 11) is 1.56. The number of aromatic nitrogens is 4. The maximum Gasteiger partial charge on any atom is 0.229 e. The molecule has 6 atom stereocenters. The van der Waals surface area contributed by atoms with Gasteiger partial charge in [-0.2, -0.15) is 0 Å². The fourth-order valence-electron chi connectivity index (χ4n) is 6.30. The number of hydrogen-bond donors (Lipinski definition) is 4. The summed E-state index contributed by atoms with van der Waals surface area (Å²) in [5.74, 6) is 6.58. The van der Waals surface area contributed by atoms with Crippen molar-refractivity contribution in [1.82, 2.24) is 24.8 Å². The van der Waals surface area contributed by atoms with Gasteiger partial charge in [-0.3, -0.25) is 4.79 Å². The van der Waals surface area contributed by atoms with Gasteiger partial charge in [-0.1, -0.05) is 11.6 Å². The molecule has 4 N–H and O–H groups in total. The number of imidazole rings is 1. The van der Waals surface area contributed by atoms with Crippen LogP contribution in [-0.4, -0.2) is 60.4 Å². The van der Waals surface area contributed by atoms with Crippen molar-refractivity contribution >= 4 is 45.8 Å². The fourth-order valence-corrected chi connectivity index (χ4v) is 7.20. The summed E-state index contributed by atoms with van der Waals surface area (Å²) in [5, 5.41) is 28.6. The second-order valence-corrected chi connectivity index (χ2v) is 11.8. The predicted octanol–water partition coefficient (Wildman–Crippen LogP) is 1.93. The molecule has 9 nitrogen and oxygen atoms in total. The number of fused-ring (bicyclic) bond motifs is 4. The quantitative estimate of drug-likeness (QED) is 0.395. The van der Waals surface area contributed by atoms with E-state index in [2.05, 4.69) is 32.4 Å². The topological polar surface area (TPSA) is 125 Å². The third-order valence-corrected chi connectivity index (χ3v) is 9.49. The molecule has 0 saturated heterocycles. The first-order valence-electron chi connectivity index (χ1n) is 11.8. The summed E-state index contributed by atoms with van der Waals surface area (Å²) in [5.41, 5.74) is -1.10. The Morgan fingerprint density at radius 1 is 1.31 bits per heavy atom. The van der Waals surface area contributed by atoms with Gasteiger partial charge >= 0.3 is 0 Å². The minimum absolute atomic E-state index is 0.0675. The van der Waals surface area contributed by atoms with Crippen molar-refractivity contribution < 1.29 is 15.0 Å². The molecule has 0 aromatic carbocycles. The van der Waals surface area contributed by atoms with Crippen LogP contribution in [0.5, 0.6) is 0 Å². The van der Waals surface area contributed by atoms with Crippen LogP contribution in [0.1, 0.15) is 42.4 Å². The summed E-state index contributed by atoms with van der Waals surface area (Å²) in [4.78, 5) is 27.2. The van der Waals surface area contributed by atoms with E-state index in [4.69, 9.17) is 16.6 Å². The van der Waals surface area contributed by atoms with E-state index in [1.54, 1.807) is 19.4 Å². The molecule has 1 amide bonds. The number of hydrogen-bond acceptors (Lipinski definition) is 8. The SMILES string of the molecule is CNC(=O)C12CC1[C@H]1C(n3cnc4c(NC5CCC5)nc(C#Cc5ccc(Cl)s5)nc43)[C@@]1(O)[C@@H]2O. The van der Waals surface area contributed by atoms with Crippen LogP contribution in [-0.2, 0) is 4.79 Å². The summed E-state index contributed by atoms with van der Waals surface area (Å²) in [6, 6.07) is 3.58. The van der Waals surface area contributed by atoms with Gasteiger partial charge in [-0.05, 0) is 55.6 Å². The maximum atomic E-state index is 12.5. The number of nitrogens with one attached hydrogen (secondary N) is 2. The van der Waals surface area contributed by atoms with Gasteiger partial charge in [0.25, 0.3) is 0 Å². The second kappa shape index (κ2) is 7.17. The second-order valence-electron chi connectivity index (χ2n) is 10.0. The van der Waals surface area contributed by atoms with Crippen LogP contribution in [0.25, 0.3) is 11.2 Å². The number of anilines is 1. The molecule has 3 heterocycles. The minimum atomic E-state index is -1.38. The maximum absolute atomic E-state index is 12.5. The molecule has 180 valence electrons. The lowest BCUT2D eigenvalue weighted by molar-refractivity contribution is -0.134. The van der Waals surface area contributed by atoms with Crippen molar-refractivity contribution in [1.29, 1.82) is 0 Å². The molecule has 4 saturated carbocycles. The van der Waals surface area contributed by atoms with Crippen LogP contribution in [0, 0.1) is 29.1 Å². The van der Waals surface area contributed by atoms with E-state index in [1.165, 1.54) is 17.8 Å². The zero-order valence-electron chi connectivity index (χ0n) is 18.8. The molecular formula is C24H23ClN6O3S. The molecule has 0 spiro atoms. The Hall–Kier alpha value is -2.71. The van der Waals surface area contributed by atoms with Gasteiger partial charge in [0.2, 0.25) is 11.7 Å². The van der Waals surface area contributed by atoms with Crippen LogP contribution in [0.2, 0.25) is 4.34 Å². The first-order valence-corrected chi connectivity index (χ1v) is 13.0. The number of aliphatic hydroxyl groups excluding tert-OH is 1. The lowest BCUT2D eigenvalue weighted by atomic mass is 9.93. The third kappa shape index (κ3) is 2.84. The summed E-state index contributed by atoms with van der Waals surface area (Å²) in [6.45, 7) is 0. The van der Waals surface area contributed by atoms with E-state index < -0.39 is 23.2 Å². The number of aliphatic hydroxyl groups is 2. The summed E-state index contributed by atoms with van der Waals surface area (Å²) >= 11 is 7.41. The van der Waals surface area contributed by atoms with E-state index in [1.807, 2.05) is 10.6 Å². The van der Waals surface area contributed by atoms with Crippen LogP contribution in [0.15, 0.2) is 18.5 Å². The van der Waals surface area contributed by atoms with Gasteiger partial charge in [-0.15, -0.1) is 11.3 Å². The molecule has 0 radical (unpaired) electrons. The first-order chi connectivity index (χ1) is 16.9. The van der Waals surface area contributed by atoms with E-state index in [9.17, 15) is 15.0 Å². The van der Waals surface area contributed by atoms with Gasteiger partial charge in [0.1, 0.15) is 5.60 Å². The van der Waals surface area contributed by atoms with Crippen LogP contribution >= 0.6 is 22.9 Å². The average Bonchev–Trinajstić information content (AvgIpc) is 3.52. The molecule has 4 fully saturated rings. The lowest BCUT2D eigenvalue weighted by Gasteiger charge is -2.27. The predicted molar refractivity (Wildman–Crippen MR) is 130 cm³/mol. The Labute approximate surface area is 209 Å². The highest BCUT2D eigenvalue weighted by molar-refractivity contribution is 7.16. The molecule has 7 rings (SSSR count). The fraction of sp³-hybridized carbons (Fsp3) is 0.500. The van der Waals surface area contributed by atoms with Crippen molar-refractivity contribution in [3.05, 3.63) is 33.5 Å². The monoisotopic (exact) mass is 510 g/mol. The number of halogens is 1. The third-order valence-electron chi connectivity index (χ3n) is 8.35. The van der Waals surface area contributed by atoms with E-state index >= 15 is 0 Å². The normalized spacial score (nSPS) is 34.4. The Kier molecular flexibility index (Phi) is 4.42. The Morgan fingerprint density at radius 3 is 2.77 bits per heavy atom.